The van der Waals surface area contributed by atoms with Gasteiger partial charge in [-0.2, -0.15) is 29.9 Å². The molecule has 0 saturated carbocycles. The van der Waals surface area contributed by atoms with Crippen molar-refractivity contribution in [1.82, 2.24) is 60.3 Å². The van der Waals surface area contributed by atoms with Crippen LogP contribution in [0.15, 0.2) is 5.16 Å². The van der Waals surface area contributed by atoms with E-state index in [-0.39, 0.29) is 48.9 Å². The van der Waals surface area contributed by atoms with Gasteiger partial charge < -0.3 is 25.2 Å². The lowest BCUT2D eigenvalue weighted by Crippen LogP contribution is -2.67. The number of aromatic nitrogens is 6. The van der Waals surface area contributed by atoms with Crippen molar-refractivity contribution < 1.29 is 36.0 Å². The monoisotopic (exact) mass is 1220 g/mol. The fraction of sp³-hybridized carbons (Fsp3) is 0.903. The highest BCUT2D eigenvalue weighted by Crippen LogP contribution is 2.49. The normalized spacial score (nSPS) is 28.3. The maximum absolute atomic E-state index is 14.0. The Morgan fingerprint density at radius 2 is 0.605 bits per heavy atom. The summed E-state index contributed by atoms with van der Waals surface area (Å²) in [4.78, 5) is 35.7. The second-order valence-electron chi connectivity index (χ2n) is 34.3. The van der Waals surface area contributed by atoms with E-state index in [0.29, 0.717) is 112 Å². The Bertz CT molecular complexity index is 2370. The van der Waals surface area contributed by atoms with E-state index in [9.17, 15) is 31.2 Å². The molecule has 0 aliphatic carbocycles. The molecule has 6 fully saturated rings. The van der Waals surface area contributed by atoms with Gasteiger partial charge in [0, 0.05) is 108 Å². The molecule has 2 N–H and O–H groups in total. The minimum Gasteiger partial charge on any atom is -0.462 e. The molecule has 484 valence electrons. The van der Waals surface area contributed by atoms with Gasteiger partial charge in [0.25, 0.3) is 0 Å². The van der Waals surface area contributed by atoms with E-state index in [1.54, 1.807) is 0 Å². The molecule has 0 aromatic carbocycles. The van der Waals surface area contributed by atoms with Crippen LogP contribution in [0.3, 0.4) is 0 Å². The molecule has 2 aromatic rings. The van der Waals surface area contributed by atoms with Gasteiger partial charge in [0.15, 0.2) is 5.16 Å². The topological polar surface area (TPSA) is 256 Å². The maximum Gasteiger partial charge on any atom is 0.323 e. The lowest BCUT2D eigenvalue weighted by Gasteiger charge is -2.57. The molecule has 6 aliphatic heterocycles. The number of nitrogens with zero attached hydrogens (tertiary/aromatic N) is 14. The standard InChI is InChI=1S/C62H108N16O7S/c1-51(2)27-39(28-52(3,4)73(51)79)63-45-65-47(71(41-31-55(9,10)75(81)56(11,12)32-41)42-33-57(13,14)76(82)58(15,16)34-42)69-49(67-45)85-25-26-86-50-68-46(64-40-29-53(5,6)74(80)54(7,8)30-40)66-48(70-50)72(43-35-59(17,18)77(83)60(19,20)36-43)44-37-61(21,22)78(84)62(23,24)38-44/h39-44H,25-38H2,1-24H3,(H,63,65,67,69)(H,64,66,68,70). The third kappa shape index (κ3) is 14.0. The van der Waals surface area contributed by atoms with E-state index < -0.39 is 66.5 Å². The first-order chi connectivity index (χ1) is 38.9. The summed E-state index contributed by atoms with van der Waals surface area (Å²) in [5.74, 6) is 1.86. The van der Waals surface area contributed by atoms with Crippen LogP contribution < -0.4 is 25.2 Å². The van der Waals surface area contributed by atoms with Crippen molar-refractivity contribution >= 4 is 35.6 Å². The SMILES string of the molecule is CC1(C)CC(Nc2nc(OCCSc3nc(NC4CC(C)(C)N([O])C(C)(C)C4)nc(N(C4CC(C)(C)N([O])C(C)(C)C4)C4CC(C)(C)N([O])C(C)(C)C4)n3)nc(N(C3CC(C)(C)N([O])C(C)(C)C3)C3CC(C)(C)N([O])C(C)(C)C3)n2)CC(C)(C)N1[O]. The molecule has 0 unspecified atom stereocenters. The number of piperidine rings is 6. The number of anilines is 4. The Hall–Kier alpha value is -3.11. The largest absolute Gasteiger partial charge is 0.462 e. The summed E-state index contributed by atoms with van der Waals surface area (Å²) in [5, 5.41) is 98.3. The molecule has 6 aliphatic rings. The first kappa shape index (κ1) is 68.8. The van der Waals surface area contributed by atoms with Gasteiger partial charge in [0.2, 0.25) is 23.8 Å². The molecule has 8 heterocycles. The van der Waals surface area contributed by atoms with Crippen molar-refractivity contribution in [3.8, 4) is 6.01 Å². The van der Waals surface area contributed by atoms with Crippen molar-refractivity contribution in [2.45, 2.75) is 351 Å². The quantitative estimate of drug-likeness (QED) is 0.124. The Labute approximate surface area is 519 Å². The van der Waals surface area contributed by atoms with Crippen molar-refractivity contribution in [3.05, 3.63) is 0 Å². The van der Waals surface area contributed by atoms with Crippen molar-refractivity contribution in [2.24, 2.45) is 0 Å². The third-order valence-corrected chi connectivity index (χ3v) is 20.7. The third-order valence-electron chi connectivity index (χ3n) is 19.9. The molecular weight excluding hydrogens is 1110 g/mol. The van der Waals surface area contributed by atoms with Crippen molar-refractivity contribution in [3.63, 3.8) is 0 Å². The highest BCUT2D eigenvalue weighted by atomic mass is 32.2. The molecule has 6 radical (unpaired) electrons. The highest BCUT2D eigenvalue weighted by Gasteiger charge is 2.56. The molecule has 2 aromatic heterocycles. The average molecular weight is 1220 g/mol. The fourth-order valence-electron chi connectivity index (χ4n) is 17.4. The van der Waals surface area contributed by atoms with Gasteiger partial charge in [-0.3, -0.25) is 0 Å². The van der Waals surface area contributed by atoms with Crippen LogP contribution in [0.5, 0.6) is 6.01 Å². The molecule has 0 amide bonds. The molecule has 0 bridgehead atoms. The lowest BCUT2D eigenvalue weighted by atomic mass is 9.74. The first-order valence-corrected chi connectivity index (χ1v) is 32.6. The van der Waals surface area contributed by atoms with Crippen LogP contribution in [0.4, 0.5) is 23.8 Å². The van der Waals surface area contributed by atoms with Crippen LogP contribution in [0.25, 0.3) is 0 Å². The van der Waals surface area contributed by atoms with Gasteiger partial charge in [-0.05, 0) is 243 Å². The highest BCUT2D eigenvalue weighted by molar-refractivity contribution is 7.99. The molecule has 6 saturated heterocycles. The second kappa shape index (κ2) is 22.9. The first-order valence-electron chi connectivity index (χ1n) is 31.6. The number of hydrogen-bond donors (Lipinski definition) is 2. The molecule has 24 heteroatoms. The van der Waals surface area contributed by atoms with Crippen molar-refractivity contribution in [1.29, 1.82) is 0 Å². The van der Waals surface area contributed by atoms with Crippen LogP contribution >= 0.6 is 11.8 Å². The number of hydrogen-bond acceptors (Lipinski definition) is 18. The van der Waals surface area contributed by atoms with Gasteiger partial charge in [-0.25, -0.2) is 0 Å². The van der Waals surface area contributed by atoms with Gasteiger partial charge in [-0.15, -0.1) is 61.6 Å². The molecule has 8 rings (SSSR count). The van der Waals surface area contributed by atoms with Gasteiger partial charge in [-0.1, -0.05) is 11.8 Å². The van der Waals surface area contributed by atoms with Gasteiger partial charge in [0.1, 0.15) is 6.61 Å². The predicted octanol–water partition coefficient (Wildman–Crippen LogP) is 10.9. The number of rotatable bonds is 15. The van der Waals surface area contributed by atoms with E-state index >= 15 is 0 Å². The Morgan fingerprint density at radius 1 is 0.360 bits per heavy atom. The average Bonchev–Trinajstić information content (AvgIpc) is 0.789. The maximum atomic E-state index is 14.0. The Morgan fingerprint density at radius 3 is 0.884 bits per heavy atom. The number of ether oxygens (including phenoxy) is 1. The lowest BCUT2D eigenvalue weighted by molar-refractivity contribution is -0.294. The van der Waals surface area contributed by atoms with Crippen LogP contribution in [-0.4, -0.2) is 175 Å². The van der Waals surface area contributed by atoms with E-state index in [2.05, 4.69) is 20.4 Å². The second-order valence-corrected chi connectivity index (χ2v) is 35.3. The number of hydroxylamine groups is 12. The van der Waals surface area contributed by atoms with Crippen LogP contribution in [0, 0.1) is 0 Å². The van der Waals surface area contributed by atoms with E-state index in [0.717, 1.165) is 0 Å². The summed E-state index contributed by atoms with van der Waals surface area (Å²) >= 11 is 1.40. The van der Waals surface area contributed by atoms with E-state index in [1.807, 2.05) is 166 Å². The minimum atomic E-state index is -0.741. The summed E-state index contributed by atoms with van der Waals surface area (Å²) in [6.07, 6.45) is 6.34. The zero-order valence-corrected chi connectivity index (χ0v) is 57.7. The Balaban J connectivity index is 1.19. The predicted molar refractivity (Wildman–Crippen MR) is 330 cm³/mol. The molecule has 0 atom stereocenters. The smallest absolute Gasteiger partial charge is 0.323 e. The van der Waals surface area contributed by atoms with E-state index in [1.165, 1.54) is 42.1 Å². The Kier molecular flexibility index (Phi) is 18.3. The fourth-order valence-corrected chi connectivity index (χ4v) is 18.1. The van der Waals surface area contributed by atoms with Crippen molar-refractivity contribution in [2.75, 3.05) is 32.8 Å². The molecule has 86 heavy (non-hydrogen) atoms. The number of nitrogens with one attached hydrogen (secondary N) is 2. The molecular formula is C62H108N16O7S. The molecule has 0 spiro atoms. The summed E-state index contributed by atoms with van der Waals surface area (Å²) in [5.41, 5.74) is -8.58. The summed E-state index contributed by atoms with van der Waals surface area (Å²) in [7, 11) is 0. The van der Waals surface area contributed by atoms with Gasteiger partial charge in [0.05, 0.1) is 0 Å². The zero-order valence-electron chi connectivity index (χ0n) is 56.9. The zero-order chi connectivity index (χ0) is 64.5. The molecule has 23 nitrogen and oxygen atoms in total. The summed E-state index contributed by atoms with van der Waals surface area (Å²) in [6.45, 7) is 47.7. The van der Waals surface area contributed by atoms with Crippen LogP contribution in [0.2, 0.25) is 0 Å². The van der Waals surface area contributed by atoms with Crippen LogP contribution in [-0.2, 0) is 31.2 Å². The number of thioether (sulfide) groups is 1. The van der Waals surface area contributed by atoms with Gasteiger partial charge >= 0.3 is 6.01 Å². The minimum absolute atomic E-state index is 0.0899. The van der Waals surface area contributed by atoms with Crippen LogP contribution in [0.1, 0.15) is 243 Å². The summed E-state index contributed by atoms with van der Waals surface area (Å²) < 4.78 is 6.68. The van der Waals surface area contributed by atoms with E-state index in [4.69, 9.17) is 34.6 Å². The summed E-state index contributed by atoms with van der Waals surface area (Å²) in [6, 6.07) is -1.02.